The second-order valence-corrected chi connectivity index (χ2v) is 5.94. The van der Waals surface area contributed by atoms with E-state index in [-0.39, 0.29) is 5.56 Å². The zero-order valence-corrected chi connectivity index (χ0v) is 12.7. The summed E-state index contributed by atoms with van der Waals surface area (Å²) in [5.41, 5.74) is 4.40. The molecular formula is C16H17N5O2. The van der Waals surface area contributed by atoms with Crippen molar-refractivity contribution >= 4 is 17.5 Å². The zero-order chi connectivity index (χ0) is 16.0. The van der Waals surface area contributed by atoms with E-state index in [4.69, 9.17) is 5.21 Å². The summed E-state index contributed by atoms with van der Waals surface area (Å²) in [5.74, 6) is 0.0255. The Morgan fingerprint density at radius 3 is 2.43 bits per heavy atom. The first-order chi connectivity index (χ1) is 11.2. The Hall–Kier alpha value is -2.67. The second kappa shape index (κ2) is 5.20. The number of hydrogen-bond acceptors (Lipinski definition) is 6. The van der Waals surface area contributed by atoms with E-state index in [2.05, 4.69) is 51.0 Å². The molecule has 23 heavy (non-hydrogen) atoms. The largest absolute Gasteiger partial charge is 0.362 e. The van der Waals surface area contributed by atoms with Crippen LogP contribution in [-0.2, 0) is 0 Å². The van der Waals surface area contributed by atoms with E-state index < -0.39 is 5.91 Å². The van der Waals surface area contributed by atoms with Crippen LogP contribution in [-0.4, -0.2) is 46.3 Å². The maximum Gasteiger partial charge on any atom is 0.277 e. The average molecular weight is 311 g/mol. The van der Waals surface area contributed by atoms with Crippen molar-refractivity contribution in [2.45, 2.75) is 19.0 Å². The summed E-state index contributed by atoms with van der Waals surface area (Å²) in [4.78, 5) is 24.3. The second-order valence-electron chi connectivity index (χ2n) is 5.94. The van der Waals surface area contributed by atoms with Crippen molar-refractivity contribution < 1.29 is 10.0 Å². The molecule has 0 aliphatic carbocycles. The van der Waals surface area contributed by atoms with Gasteiger partial charge in [0.05, 0.1) is 17.6 Å². The highest BCUT2D eigenvalue weighted by Crippen LogP contribution is 2.39. The summed E-state index contributed by atoms with van der Waals surface area (Å²) in [5, 5.41) is 8.60. The number of aromatic nitrogens is 2. The minimum atomic E-state index is -0.604. The molecule has 0 saturated carbocycles. The van der Waals surface area contributed by atoms with Crippen LogP contribution in [0.15, 0.2) is 36.7 Å². The number of hydroxylamine groups is 1. The molecule has 4 rings (SSSR count). The van der Waals surface area contributed by atoms with Crippen LogP contribution in [0.2, 0.25) is 0 Å². The van der Waals surface area contributed by atoms with Gasteiger partial charge in [0.25, 0.3) is 5.91 Å². The summed E-state index contributed by atoms with van der Waals surface area (Å²) in [6.07, 6.45) is 2.86. The normalized spacial score (nSPS) is 22.0. The third-order valence-corrected chi connectivity index (χ3v) is 4.70. The molecule has 2 aliphatic rings. The summed E-state index contributed by atoms with van der Waals surface area (Å²) in [6.45, 7) is 3.97. The zero-order valence-electron chi connectivity index (χ0n) is 12.7. The highest BCUT2D eigenvalue weighted by molar-refractivity contribution is 5.92. The number of rotatable bonds is 3. The third-order valence-electron chi connectivity index (χ3n) is 4.70. The predicted octanol–water partition coefficient (Wildman–Crippen LogP) is 0.981. The van der Waals surface area contributed by atoms with Crippen LogP contribution in [0.3, 0.4) is 0 Å². The minimum Gasteiger partial charge on any atom is -0.362 e. The standard InChI is InChI=1S/C16H17N5O2/c1-10-4-2-3-5-12(10)20-8-14-13(20)9-21(14)16-17-6-11(7-18-16)15(22)19-23/h2-7,13-14,23H,8-9H2,1H3,(H,19,22)/t13-,14?/m1/s1. The molecule has 1 aromatic heterocycles. The molecule has 0 bridgehead atoms. The first-order valence-electron chi connectivity index (χ1n) is 7.54. The topological polar surface area (TPSA) is 81.6 Å². The SMILES string of the molecule is Cc1ccccc1N1CC2[C@H]1CN2c1ncc(C(=O)NO)cn1. The lowest BCUT2D eigenvalue weighted by atomic mass is 9.84. The van der Waals surface area contributed by atoms with Gasteiger partial charge in [-0.25, -0.2) is 15.4 Å². The summed E-state index contributed by atoms with van der Waals surface area (Å²) in [6, 6.07) is 9.34. The van der Waals surface area contributed by atoms with Gasteiger partial charge in [-0.05, 0) is 18.6 Å². The molecule has 118 valence electrons. The van der Waals surface area contributed by atoms with Crippen LogP contribution >= 0.6 is 0 Å². The first kappa shape index (κ1) is 14.0. The average Bonchev–Trinajstić information content (AvgIpc) is 2.57. The number of piperazine rings is 1. The molecule has 2 aromatic rings. The summed E-state index contributed by atoms with van der Waals surface area (Å²) < 4.78 is 0. The Balaban J connectivity index is 1.44. The van der Waals surface area contributed by atoms with Gasteiger partial charge in [0.15, 0.2) is 0 Å². The molecule has 2 saturated heterocycles. The van der Waals surface area contributed by atoms with Gasteiger partial charge in [-0.2, -0.15) is 0 Å². The van der Waals surface area contributed by atoms with Crippen LogP contribution < -0.4 is 15.3 Å². The molecule has 7 heteroatoms. The van der Waals surface area contributed by atoms with E-state index >= 15 is 0 Å². The van der Waals surface area contributed by atoms with Crippen LogP contribution in [0, 0.1) is 6.92 Å². The van der Waals surface area contributed by atoms with E-state index in [1.807, 2.05) is 0 Å². The number of aryl methyl sites for hydroxylation is 1. The van der Waals surface area contributed by atoms with E-state index in [9.17, 15) is 4.79 Å². The lowest BCUT2D eigenvalue weighted by molar-refractivity contribution is 0.0705. The minimum absolute atomic E-state index is 0.239. The maximum atomic E-state index is 11.3. The summed E-state index contributed by atoms with van der Waals surface area (Å²) in [7, 11) is 0. The Kier molecular flexibility index (Phi) is 3.16. The Labute approximate surface area is 133 Å². The van der Waals surface area contributed by atoms with Crippen molar-refractivity contribution in [3.63, 3.8) is 0 Å². The number of anilines is 2. The molecule has 1 amide bonds. The van der Waals surface area contributed by atoms with Crippen molar-refractivity contribution in [1.29, 1.82) is 0 Å². The van der Waals surface area contributed by atoms with E-state index in [1.54, 1.807) is 5.48 Å². The number of benzene rings is 1. The van der Waals surface area contributed by atoms with Crippen molar-refractivity contribution in [3.8, 4) is 0 Å². The van der Waals surface area contributed by atoms with Gasteiger partial charge >= 0.3 is 0 Å². The molecule has 2 atom stereocenters. The molecule has 0 radical (unpaired) electrons. The molecule has 2 fully saturated rings. The molecular weight excluding hydrogens is 294 g/mol. The fourth-order valence-electron chi connectivity index (χ4n) is 3.30. The molecule has 1 aromatic carbocycles. The van der Waals surface area contributed by atoms with Crippen molar-refractivity contribution in [1.82, 2.24) is 15.4 Å². The van der Waals surface area contributed by atoms with Gasteiger partial charge in [-0.15, -0.1) is 0 Å². The van der Waals surface area contributed by atoms with Gasteiger partial charge < -0.3 is 9.80 Å². The number of fused-ring (bicyclic) bond motifs is 1. The molecule has 1 unspecified atom stereocenters. The van der Waals surface area contributed by atoms with Crippen molar-refractivity contribution in [2.75, 3.05) is 22.9 Å². The predicted molar refractivity (Wildman–Crippen MR) is 84.7 cm³/mol. The summed E-state index contributed by atoms with van der Waals surface area (Å²) >= 11 is 0. The molecule has 3 heterocycles. The number of carbonyl (C=O) groups is 1. The number of carbonyl (C=O) groups excluding carboxylic acids is 1. The molecule has 7 nitrogen and oxygen atoms in total. The van der Waals surface area contributed by atoms with Gasteiger partial charge in [-0.3, -0.25) is 10.0 Å². The van der Waals surface area contributed by atoms with Gasteiger partial charge in [0.2, 0.25) is 5.95 Å². The number of nitrogens with one attached hydrogen (secondary N) is 1. The third kappa shape index (κ3) is 2.12. The highest BCUT2D eigenvalue weighted by atomic mass is 16.5. The monoisotopic (exact) mass is 311 g/mol. The van der Waals surface area contributed by atoms with Crippen molar-refractivity contribution in [2.24, 2.45) is 0 Å². The van der Waals surface area contributed by atoms with E-state index in [1.165, 1.54) is 23.6 Å². The molecule has 2 N–H and O–H groups in total. The van der Waals surface area contributed by atoms with Gasteiger partial charge in [-0.1, -0.05) is 18.2 Å². The number of para-hydroxylation sites is 1. The van der Waals surface area contributed by atoms with Crippen LogP contribution in [0.25, 0.3) is 0 Å². The van der Waals surface area contributed by atoms with Crippen LogP contribution in [0.4, 0.5) is 11.6 Å². The van der Waals surface area contributed by atoms with Crippen LogP contribution in [0.1, 0.15) is 15.9 Å². The van der Waals surface area contributed by atoms with Crippen molar-refractivity contribution in [3.05, 3.63) is 47.8 Å². The number of nitrogens with zero attached hydrogens (tertiary/aromatic N) is 4. The van der Waals surface area contributed by atoms with Gasteiger partial charge in [0.1, 0.15) is 0 Å². The Bertz CT molecular complexity index is 748. The Morgan fingerprint density at radius 2 is 1.83 bits per heavy atom. The molecule has 0 spiro atoms. The van der Waals surface area contributed by atoms with Gasteiger partial charge in [0, 0.05) is 31.2 Å². The number of hydrogen-bond donors (Lipinski definition) is 2. The smallest absolute Gasteiger partial charge is 0.277 e. The lowest BCUT2D eigenvalue weighted by Gasteiger charge is -2.62. The van der Waals surface area contributed by atoms with E-state index in [0.29, 0.717) is 18.0 Å². The van der Waals surface area contributed by atoms with Crippen LogP contribution in [0.5, 0.6) is 0 Å². The maximum absolute atomic E-state index is 11.3. The molecule has 2 aliphatic heterocycles. The highest BCUT2D eigenvalue weighted by Gasteiger charge is 2.52. The number of amides is 1. The Morgan fingerprint density at radius 1 is 1.17 bits per heavy atom. The van der Waals surface area contributed by atoms with E-state index in [0.717, 1.165) is 13.1 Å². The lowest BCUT2D eigenvalue weighted by Crippen LogP contribution is -2.79. The first-order valence-corrected chi connectivity index (χ1v) is 7.54. The fourth-order valence-corrected chi connectivity index (χ4v) is 3.30. The fraction of sp³-hybridized carbons (Fsp3) is 0.312. The quantitative estimate of drug-likeness (QED) is 0.650.